The van der Waals surface area contributed by atoms with E-state index in [1.54, 1.807) is 0 Å². The molecule has 0 amide bonds. The zero-order valence-electron chi connectivity index (χ0n) is 8.61. The second kappa shape index (κ2) is 5.09. The highest BCUT2D eigenvalue weighted by atomic mass is 32.2. The van der Waals surface area contributed by atoms with Crippen LogP contribution in [0.4, 0.5) is 0 Å². The molecule has 0 saturated carbocycles. The van der Waals surface area contributed by atoms with Crippen LogP contribution in [0.2, 0.25) is 0 Å². The molecule has 2 unspecified atom stereocenters. The van der Waals surface area contributed by atoms with Gasteiger partial charge in [0.2, 0.25) is 0 Å². The van der Waals surface area contributed by atoms with E-state index in [0.717, 1.165) is 32.3 Å². The number of ether oxygens (including phenoxy) is 1. The largest absolute Gasteiger partial charge is 0.378 e. The summed E-state index contributed by atoms with van der Waals surface area (Å²) in [5, 5.41) is 0. The molecule has 1 saturated heterocycles. The van der Waals surface area contributed by atoms with E-state index in [2.05, 4.69) is 0 Å². The second-order valence-electron chi connectivity index (χ2n) is 4.06. The highest BCUT2D eigenvalue weighted by Crippen LogP contribution is 2.17. The highest BCUT2D eigenvalue weighted by Gasteiger charge is 2.18. The molecule has 84 valence electrons. The lowest BCUT2D eigenvalue weighted by Gasteiger charge is -2.13. The van der Waals surface area contributed by atoms with Crippen molar-refractivity contribution in [3.63, 3.8) is 0 Å². The van der Waals surface area contributed by atoms with Gasteiger partial charge in [0.15, 0.2) is 0 Å². The standard InChI is InChI=1S/C9H19NO3S/c1-14(11,12)7-8(10)4-5-9-3-2-6-13-9/h8-9H,2-7,10H2,1H3. The molecule has 0 spiro atoms. The van der Waals surface area contributed by atoms with E-state index in [-0.39, 0.29) is 11.8 Å². The van der Waals surface area contributed by atoms with Gasteiger partial charge >= 0.3 is 0 Å². The van der Waals surface area contributed by atoms with Crippen molar-refractivity contribution in [3.8, 4) is 0 Å². The fraction of sp³-hybridized carbons (Fsp3) is 1.00. The van der Waals surface area contributed by atoms with Crippen LogP contribution in [-0.2, 0) is 14.6 Å². The molecule has 0 aliphatic carbocycles. The van der Waals surface area contributed by atoms with Gasteiger partial charge in [0, 0.05) is 18.9 Å². The van der Waals surface area contributed by atoms with Crippen molar-refractivity contribution in [2.24, 2.45) is 5.73 Å². The van der Waals surface area contributed by atoms with E-state index in [9.17, 15) is 8.42 Å². The Labute approximate surface area is 85.7 Å². The molecule has 0 radical (unpaired) electrons. The molecule has 5 heteroatoms. The summed E-state index contributed by atoms with van der Waals surface area (Å²) in [6.07, 6.45) is 5.35. The minimum Gasteiger partial charge on any atom is -0.378 e. The van der Waals surface area contributed by atoms with E-state index in [1.807, 2.05) is 0 Å². The second-order valence-corrected chi connectivity index (χ2v) is 6.25. The zero-order valence-corrected chi connectivity index (χ0v) is 9.42. The molecule has 1 aliphatic heterocycles. The SMILES string of the molecule is CS(=O)(=O)CC(N)CCC1CCCO1. The van der Waals surface area contributed by atoms with Gasteiger partial charge in [0.25, 0.3) is 0 Å². The Balaban J connectivity index is 2.17. The lowest BCUT2D eigenvalue weighted by Crippen LogP contribution is -2.30. The van der Waals surface area contributed by atoms with E-state index < -0.39 is 9.84 Å². The Morgan fingerprint density at radius 1 is 1.57 bits per heavy atom. The summed E-state index contributed by atoms with van der Waals surface area (Å²) in [5.41, 5.74) is 5.70. The number of hydrogen-bond acceptors (Lipinski definition) is 4. The fourth-order valence-electron chi connectivity index (χ4n) is 1.74. The maximum Gasteiger partial charge on any atom is 0.148 e. The number of rotatable bonds is 5. The van der Waals surface area contributed by atoms with Crippen molar-refractivity contribution in [3.05, 3.63) is 0 Å². The summed E-state index contributed by atoms with van der Waals surface area (Å²) in [6.45, 7) is 0.839. The molecule has 0 aromatic heterocycles. The Hall–Kier alpha value is -0.130. The first kappa shape index (κ1) is 11.9. The summed E-state index contributed by atoms with van der Waals surface area (Å²) in [6, 6.07) is -0.241. The molecule has 1 aliphatic rings. The van der Waals surface area contributed by atoms with E-state index in [1.165, 1.54) is 6.26 Å². The Bertz CT molecular complexity index is 257. The van der Waals surface area contributed by atoms with Gasteiger partial charge in [-0.3, -0.25) is 0 Å². The van der Waals surface area contributed by atoms with Crippen LogP contribution in [0.1, 0.15) is 25.7 Å². The van der Waals surface area contributed by atoms with Crippen molar-refractivity contribution in [1.29, 1.82) is 0 Å². The predicted molar refractivity (Wildman–Crippen MR) is 55.9 cm³/mol. The van der Waals surface area contributed by atoms with Crippen LogP contribution < -0.4 is 5.73 Å². The highest BCUT2D eigenvalue weighted by molar-refractivity contribution is 7.90. The van der Waals surface area contributed by atoms with Crippen LogP contribution in [0.25, 0.3) is 0 Å². The van der Waals surface area contributed by atoms with Crippen molar-refractivity contribution >= 4 is 9.84 Å². The lowest BCUT2D eigenvalue weighted by molar-refractivity contribution is 0.101. The van der Waals surface area contributed by atoms with Gasteiger partial charge in [-0.1, -0.05) is 0 Å². The quantitative estimate of drug-likeness (QED) is 0.725. The van der Waals surface area contributed by atoms with Crippen molar-refractivity contribution in [2.75, 3.05) is 18.6 Å². The van der Waals surface area contributed by atoms with Gasteiger partial charge in [-0.15, -0.1) is 0 Å². The summed E-state index contributed by atoms with van der Waals surface area (Å²) in [4.78, 5) is 0. The first-order valence-electron chi connectivity index (χ1n) is 5.02. The third-order valence-electron chi connectivity index (χ3n) is 2.40. The number of sulfone groups is 1. The van der Waals surface area contributed by atoms with Gasteiger partial charge in [-0.2, -0.15) is 0 Å². The minimum atomic E-state index is -2.93. The Morgan fingerprint density at radius 2 is 2.29 bits per heavy atom. The lowest BCUT2D eigenvalue weighted by atomic mass is 10.1. The smallest absolute Gasteiger partial charge is 0.148 e. The molecule has 14 heavy (non-hydrogen) atoms. The topological polar surface area (TPSA) is 69.4 Å². The van der Waals surface area contributed by atoms with Crippen LogP contribution in [0.5, 0.6) is 0 Å². The number of hydrogen-bond donors (Lipinski definition) is 1. The molecule has 1 fully saturated rings. The van der Waals surface area contributed by atoms with Crippen LogP contribution in [0.3, 0.4) is 0 Å². The van der Waals surface area contributed by atoms with Crippen LogP contribution >= 0.6 is 0 Å². The third kappa shape index (κ3) is 4.93. The molecular formula is C9H19NO3S. The number of nitrogens with two attached hydrogens (primary N) is 1. The van der Waals surface area contributed by atoms with E-state index >= 15 is 0 Å². The maximum atomic E-state index is 10.9. The Morgan fingerprint density at radius 3 is 2.79 bits per heavy atom. The summed E-state index contributed by atoms with van der Waals surface area (Å²) in [7, 11) is -2.93. The van der Waals surface area contributed by atoms with Crippen molar-refractivity contribution in [2.45, 2.75) is 37.8 Å². The van der Waals surface area contributed by atoms with Gasteiger partial charge < -0.3 is 10.5 Å². The maximum absolute atomic E-state index is 10.9. The molecule has 4 nitrogen and oxygen atoms in total. The van der Waals surface area contributed by atoms with Crippen molar-refractivity contribution in [1.82, 2.24) is 0 Å². The first-order valence-corrected chi connectivity index (χ1v) is 7.08. The summed E-state index contributed by atoms with van der Waals surface area (Å²) in [5.74, 6) is 0.0831. The van der Waals surface area contributed by atoms with Crippen LogP contribution in [0.15, 0.2) is 0 Å². The molecule has 2 N–H and O–H groups in total. The summed E-state index contributed by atoms with van der Waals surface area (Å²) < 4.78 is 27.3. The molecule has 1 heterocycles. The van der Waals surface area contributed by atoms with Gasteiger partial charge in [-0.25, -0.2) is 8.42 Å². The molecule has 0 bridgehead atoms. The first-order chi connectivity index (χ1) is 6.47. The molecular weight excluding hydrogens is 202 g/mol. The van der Waals surface area contributed by atoms with Crippen LogP contribution in [0, 0.1) is 0 Å². The summed E-state index contributed by atoms with van der Waals surface area (Å²) >= 11 is 0. The van der Waals surface area contributed by atoms with E-state index in [4.69, 9.17) is 10.5 Å². The normalized spacial score (nSPS) is 25.1. The fourth-order valence-corrected chi connectivity index (χ4v) is 2.69. The molecule has 0 aromatic carbocycles. The third-order valence-corrected chi connectivity index (χ3v) is 3.43. The monoisotopic (exact) mass is 221 g/mol. The Kier molecular flexibility index (Phi) is 4.34. The van der Waals surface area contributed by atoms with Gasteiger partial charge in [0.05, 0.1) is 11.9 Å². The average molecular weight is 221 g/mol. The van der Waals surface area contributed by atoms with Crippen molar-refractivity contribution < 1.29 is 13.2 Å². The predicted octanol–water partition coefficient (Wildman–Crippen LogP) is 0.317. The van der Waals surface area contributed by atoms with Crippen LogP contribution in [-0.4, -0.2) is 39.2 Å². The molecule has 2 atom stereocenters. The van der Waals surface area contributed by atoms with Gasteiger partial charge in [0.1, 0.15) is 9.84 Å². The average Bonchev–Trinajstić information content (AvgIpc) is 2.49. The molecule has 0 aromatic rings. The van der Waals surface area contributed by atoms with E-state index in [0.29, 0.717) is 6.10 Å². The van der Waals surface area contributed by atoms with Gasteiger partial charge in [-0.05, 0) is 25.7 Å². The minimum absolute atomic E-state index is 0.0831. The molecule has 1 rings (SSSR count). The zero-order chi connectivity index (χ0) is 10.6.